The molecular weight excluding hydrogens is 372 g/mol. The van der Waals surface area contributed by atoms with Gasteiger partial charge in [-0.1, -0.05) is 61.9 Å². The van der Waals surface area contributed by atoms with Gasteiger partial charge in [0.2, 0.25) is 5.91 Å². The fraction of sp³-hybridized carbons (Fsp3) is 0.318. The first-order valence-electron chi connectivity index (χ1n) is 9.51. The Balaban J connectivity index is 1.93. The molecule has 0 atom stereocenters. The number of unbranched alkanes of at least 4 members (excludes halogenated alkanes) is 1. The Hall–Kier alpha value is -2.60. The maximum Gasteiger partial charge on any atom is 0.242 e. The maximum atomic E-state index is 13.1. The predicted molar refractivity (Wildman–Crippen MR) is 112 cm³/mol. The number of para-hydroxylation sites is 1. The van der Waals surface area contributed by atoms with E-state index in [1.807, 2.05) is 48.5 Å². The minimum absolute atomic E-state index is 0.0267. The molecule has 1 amide bonds. The van der Waals surface area contributed by atoms with Gasteiger partial charge in [0.1, 0.15) is 6.54 Å². The van der Waals surface area contributed by atoms with Crippen LogP contribution < -0.4 is 0 Å². The van der Waals surface area contributed by atoms with Crippen LogP contribution in [-0.4, -0.2) is 37.4 Å². The number of carbonyl (C=O) groups excluding carboxylic acids is 1. The number of benzene rings is 2. The van der Waals surface area contributed by atoms with Crippen molar-refractivity contribution in [2.24, 2.45) is 0 Å². The van der Waals surface area contributed by atoms with E-state index in [-0.39, 0.29) is 23.1 Å². The number of carbonyl (C=O) groups is 1. The average Bonchev–Trinajstić information content (AvgIpc) is 3.06. The zero-order valence-corrected chi connectivity index (χ0v) is 17.2. The first kappa shape index (κ1) is 20.1. The van der Waals surface area contributed by atoms with Crippen molar-refractivity contribution in [1.82, 2.24) is 9.47 Å². The molecule has 0 aliphatic carbocycles. The summed E-state index contributed by atoms with van der Waals surface area (Å²) >= 11 is 0. The average molecular weight is 399 g/mol. The lowest BCUT2D eigenvalue weighted by atomic mass is 10.2. The summed E-state index contributed by atoms with van der Waals surface area (Å²) < 4.78 is 27.9. The summed E-state index contributed by atoms with van der Waals surface area (Å²) in [7, 11) is -1.75. The molecule has 6 heteroatoms. The number of nitrogens with zero attached hydrogens (tertiary/aromatic N) is 2. The smallest absolute Gasteiger partial charge is 0.242 e. The molecule has 148 valence electrons. The lowest BCUT2D eigenvalue weighted by Crippen LogP contribution is -2.30. The van der Waals surface area contributed by atoms with Crippen LogP contribution in [0.3, 0.4) is 0 Å². The summed E-state index contributed by atoms with van der Waals surface area (Å²) in [4.78, 5) is 14.5. The monoisotopic (exact) mass is 398 g/mol. The van der Waals surface area contributed by atoms with E-state index in [1.54, 1.807) is 28.8 Å². The van der Waals surface area contributed by atoms with Crippen LogP contribution in [0, 0.1) is 0 Å². The summed E-state index contributed by atoms with van der Waals surface area (Å²) in [5.74, 6) is -0.0900. The van der Waals surface area contributed by atoms with Crippen molar-refractivity contribution in [2.75, 3.05) is 13.6 Å². The van der Waals surface area contributed by atoms with E-state index in [1.165, 1.54) is 0 Å². The molecule has 0 N–H and O–H groups in total. The molecule has 1 aromatic heterocycles. The topological polar surface area (TPSA) is 59.4 Å². The van der Waals surface area contributed by atoms with Crippen molar-refractivity contribution >= 4 is 26.6 Å². The van der Waals surface area contributed by atoms with Crippen LogP contribution in [0.15, 0.2) is 65.7 Å². The Morgan fingerprint density at radius 3 is 2.43 bits per heavy atom. The normalized spacial score (nSPS) is 11.6. The van der Waals surface area contributed by atoms with Crippen LogP contribution in [0.4, 0.5) is 0 Å². The van der Waals surface area contributed by atoms with Gasteiger partial charge in [0, 0.05) is 30.7 Å². The summed E-state index contributed by atoms with van der Waals surface area (Å²) in [6.45, 7) is 2.91. The molecule has 1 heterocycles. The molecule has 28 heavy (non-hydrogen) atoms. The van der Waals surface area contributed by atoms with E-state index < -0.39 is 9.84 Å². The molecule has 3 rings (SSSR count). The number of rotatable bonds is 8. The Morgan fingerprint density at radius 1 is 1.04 bits per heavy atom. The summed E-state index contributed by atoms with van der Waals surface area (Å²) in [5.41, 5.74) is 1.50. The standard InChI is InChI=1S/C22H26N2O3S/c1-3-4-14-23(2)22(25)16-24-15-21(19-12-8-9-13-20(19)24)28(26,27)17-18-10-6-5-7-11-18/h5-13,15H,3-4,14,16-17H2,1-2H3. The molecule has 0 bridgehead atoms. The molecule has 0 saturated heterocycles. The van der Waals surface area contributed by atoms with Crippen LogP contribution in [0.5, 0.6) is 0 Å². The van der Waals surface area contributed by atoms with E-state index in [2.05, 4.69) is 6.92 Å². The van der Waals surface area contributed by atoms with Gasteiger partial charge in [-0.05, 0) is 18.1 Å². The zero-order valence-electron chi connectivity index (χ0n) is 16.3. The van der Waals surface area contributed by atoms with Crippen LogP contribution in [0.25, 0.3) is 10.9 Å². The number of likely N-dealkylation sites (N-methyl/N-ethyl adjacent to an activating group) is 1. The predicted octanol–water partition coefficient (Wildman–Crippen LogP) is 3.87. The largest absolute Gasteiger partial charge is 0.344 e. The molecule has 5 nitrogen and oxygen atoms in total. The Morgan fingerprint density at radius 2 is 1.71 bits per heavy atom. The lowest BCUT2D eigenvalue weighted by molar-refractivity contribution is -0.130. The van der Waals surface area contributed by atoms with Crippen molar-refractivity contribution in [3.05, 3.63) is 66.4 Å². The number of aromatic nitrogens is 1. The Labute approximate surface area is 166 Å². The van der Waals surface area contributed by atoms with E-state index in [0.717, 1.165) is 23.9 Å². The van der Waals surface area contributed by atoms with Gasteiger partial charge in [0.05, 0.1) is 10.6 Å². The first-order chi connectivity index (χ1) is 13.4. The van der Waals surface area contributed by atoms with E-state index in [4.69, 9.17) is 0 Å². The summed E-state index contributed by atoms with van der Waals surface area (Å²) in [6.07, 6.45) is 3.58. The van der Waals surface area contributed by atoms with Crippen LogP contribution in [0.1, 0.15) is 25.3 Å². The number of hydrogen-bond acceptors (Lipinski definition) is 3. The second-order valence-corrected chi connectivity index (χ2v) is 9.01. The molecule has 0 aliphatic heterocycles. The van der Waals surface area contributed by atoms with Crippen molar-refractivity contribution in [2.45, 2.75) is 37.0 Å². The molecular formula is C22H26N2O3S. The van der Waals surface area contributed by atoms with Gasteiger partial charge in [0.25, 0.3) is 0 Å². The van der Waals surface area contributed by atoms with Gasteiger partial charge in [-0.2, -0.15) is 0 Å². The molecule has 0 fully saturated rings. The highest BCUT2D eigenvalue weighted by molar-refractivity contribution is 7.90. The summed E-state index contributed by atoms with van der Waals surface area (Å²) in [6, 6.07) is 16.5. The molecule has 0 saturated carbocycles. The van der Waals surface area contributed by atoms with Gasteiger partial charge < -0.3 is 9.47 Å². The number of amides is 1. The zero-order chi connectivity index (χ0) is 20.1. The Bertz CT molecular complexity index is 1060. The quantitative estimate of drug-likeness (QED) is 0.579. The maximum absolute atomic E-state index is 13.1. The lowest BCUT2D eigenvalue weighted by Gasteiger charge is -2.17. The third kappa shape index (κ3) is 4.44. The van der Waals surface area contributed by atoms with Gasteiger partial charge in [-0.25, -0.2) is 8.42 Å². The van der Waals surface area contributed by atoms with Crippen LogP contribution >= 0.6 is 0 Å². The van der Waals surface area contributed by atoms with E-state index >= 15 is 0 Å². The van der Waals surface area contributed by atoms with E-state index in [9.17, 15) is 13.2 Å². The number of sulfone groups is 1. The van der Waals surface area contributed by atoms with Crippen molar-refractivity contribution in [3.63, 3.8) is 0 Å². The van der Waals surface area contributed by atoms with Crippen molar-refractivity contribution in [1.29, 1.82) is 0 Å². The van der Waals surface area contributed by atoms with Gasteiger partial charge in [-0.15, -0.1) is 0 Å². The fourth-order valence-corrected chi connectivity index (χ4v) is 4.83. The van der Waals surface area contributed by atoms with Gasteiger partial charge in [0.15, 0.2) is 9.84 Å². The third-order valence-corrected chi connectivity index (χ3v) is 6.57. The molecule has 2 aromatic carbocycles. The minimum atomic E-state index is -3.54. The SMILES string of the molecule is CCCCN(C)C(=O)Cn1cc(S(=O)(=O)Cc2ccccc2)c2ccccc21. The summed E-state index contributed by atoms with van der Waals surface area (Å²) in [5, 5.41) is 0.655. The Kier molecular flexibility index (Phi) is 6.19. The second-order valence-electron chi connectivity index (χ2n) is 7.05. The van der Waals surface area contributed by atoms with Crippen molar-refractivity contribution < 1.29 is 13.2 Å². The second kappa shape index (κ2) is 8.61. The molecule has 0 aliphatic rings. The van der Waals surface area contributed by atoms with Crippen LogP contribution in [0.2, 0.25) is 0 Å². The third-order valence-electron chi connectivity index (χ3n) is 4.87. The molecule has 3 aromatic rings. The van der Waals surface area contributed by atoms with Crippen LogP contribution in [-0.2, 0) is 26.9 Å². The van der Waals surface area contributed by atoms with Gasteiger partial charge >= 0.3 is 0 Å². The van der Waals surface area contributed by atoms with Crippen molar-refractivity contribution in [3.8, 4) is 0 Å². The molecule has 0 unspecified atom stereocenters. The highest BCUT2D eigenvalue weighted by Crippen LogP contribution is 2.28. The number of fused-ring (bicyclic) bond motifs is 1. The molecule has 0 radical (unpaired) electrons. The molecule has 0 spiro atoms. The fourth-order valence-electron chi connectivity index (χ4n) is 3.25. The van der Waals surface area contributed by atoms with Gasteiger partial charge in [-0.3, -0.25) is 4.79 Å². The number of hydrogen-bond donors (Lipinski definition) is 0. The minimum Gasteiger partial charge on any atom is -0.344 e. The first-order valence-corrected chi connectivity index (χ1v) is 11.2. The van der Waals surface area contributed by atoms with E-state index in [0.29, 0.717) is 11.9 Å². The highest BCUT2D eigenvalue weighted by Gasteiger charge is 2.22. The highest BCUT2D eigenvalue weighted by atomic mass is 32.2.